The molecule has 0 aliphatic carbocycles. The summed E-state index contributed by atoms with van der Waals surface area (Å²) in [7, 11) is 1.62. The van der Waals surface area contributed by atoms with Gasteiger partial charge in [0.2, 0.25) is 0 Å². The van der Waals surface area contributed by atoms with Crippen LogP contribution >= 0.6 is 11.6 Å². The third kappa shape index (κ3) is 3.65. The maximum Gasteiger partial charge on any atom is 0.119 e. The number of hydrogen-bond donors (Lipinski definition) is 1. The van der Waals surface area contributed by atoms with Crippen LogP contribution in [-0.2, 0) is 0 Å². The summed E-state index contributed by atoms with van der Waals surface area (Å²) in [5.74, 6) is 1.37. The fraction of sp³-hybridized carbons (Fsp3) is 0.250. The normalized spacial score (nSPS) is 11.9. The van der Waals surface area contributed by atoms with Gasteiger partial charge in [-0.3, -0.25) is 0 Å². The van der Waals surface area contributed by atoms with Crippen LogP contribution in [0.5, 0.6) is 11.5 Å². The Labute approximate surface area is 123 Å². The van der Waals surface area contributed by atoms with Crippen molar-refractivity contribution in [1.29, 1.82) is 0 Å². The topological polar surface area (TPSA) is 38.7 Å². The van der Waals surface area contributed by atoms with Gasteiger partial charge in [0.25, 0.3) is 0 Å². The number of halogens is 1. The quantitative estimate of drug-likeness (QED) is 0.885. The molecule has 0 aliphatic heterocycles. The van der Waals surface area contributed by atoms with Crippen molar-refractivity contribution in [3.05, 3.63) is 59.1 Å². The summed E-state index contributed by atoms with van der Waals surface area (Å²) in [6.45, 7) is 0.354. The minimum absolute atomic E-state index is 0.0140. The largest absolute Gasteiger partial charge is 0.497 e. The average Bonchev–Trinajstić information content (AvgIpc) is 2.50. The molecule has 2 aromatic carbocycles. The number of benzene rings is 2. The highest BCUT2D eigenvalue weighted by molar-refractivity contribution is 6.31. The Morgan fingerprint density at radius 2 is 1.70 bits per heavy atom. The Hall–Kier alpha value is -1.71. The van der Waals surface area contributed by atoms with Gasteiger partial charge in [-0.05, 0) is 35.9 Å². The van der Waals surface area contributed by atoms with E-state index < -0.39 is 0 Å². The molecule has 2 aromatic rings. The van der Waals surface area contributed by atoms with Crippen molar-refractivity contribution >= 4 is 11.6 Å². The first-order valence-corrected chi connectivity index (χ1v) is 6.74. The lowest BCUT2D eigenvalue weighted by Crippen LogP contribution is -2.14. The van der Waals surface area contributed by atoms with Gasteiger partial charge in [-0.15, -0.1) is 0 Å². The molecule has 4 heteroatoms. The lowest BCUT2D eigenvalue weighted by Gasteiger charge is -2.17. The molecular formula is C16H17ClO3. The molecule has 0 saturated heterocycles. The lowest BCUT2D eigenvalue weighted by atomic mass is 10.0. The summed E-state index contributed by atoms with van der Waals surface area (Å²) in [6, 6.07) is 14.8. The summed E-state index contributed by atoms with van der Waals surface area (Å²) in [6.07, 6.45) is 0. The first kappa shape index (κ1) is 14.7. The van der Waals surface area contributed by atoms with E-state index in [0.29, 0.717) is 11.6 Å². The predicted molar refractivity (Wildman–Crippen MR) is 79.8 cm³/mol. The Balaban J connectivity index is 2.02. The Morgan fingerprint density at radius 1 is 1.05 bits per heavy atom. The number of aliphatic hydroxyl groups is 1. The molecule has 3 nitrogen and oxygen atoms in total. The predicted octanol–water partition coefficient (Wildman–Crippen LogP) is 3.50. The Bertz CT molecular complexity index is 540. The van der Waals surface area contributed by atoms with Gasteiger partial charge in [0.05, 0.1) is 20.3 Å². The molecule has 0 spiro atoms. The van der Waals surface area contributed by atoms with Crippen molar-refractivity contribution in [2.75, 3.05) is 20.3 Å². The molecule has 106 valence electrons. The van der Waals surface area contributed by atoms with Gasteiger partial charge < -0.3 is 14.6 Å². The third-order valence-corrected chi connectivity index (χ3v) is 3.42. The van der Waals surface area contributed by atoms with E-state index in [4.69, 9.17) is 21.1 Å². The lowest BCUT2D eigenvalue weighted by molar-refractivity contribution is 0.205. The fourth-order valence-electron chi connectivity index (χ4n) is 1.92. The van der Waals surface area contributed by atoms with Crippen LogP contribution in [0, 0.1) is 0 Å². The highest BCUT2D eigenvalue weighted by Crippen LogP contribution is 2.25. The van der Waals surface area contributed by atoms with Crippen LogP contribution in [0.3, 0.4) is 0 Å². The second-order valence-electron chi connectivity index (χ2n) is 4.39. The minimum Gasteiger partial charge on any atom is -0.497 e. The molecular weight excluding hydrogens is 276 g/mol. The van der Waals surface area contributed by atoms with Crippen molar-refractivity contribution in [3.63, 3.8) is 0 Å². The van der Waals surface area contributed by atoms with Crippen molar-refractivity contribution in [2.45, 2.75) is 5.92 Å². The highest BCUT2D eigenvalue weighted by atomic mass is 35.5. The summed E-state index contributed by atoms with van der Waals surface area (Å²) in [4.78, 5) is 0. The van der Waals surface area contributed by atoms with Crippen molar-refractivity contribution in [2.24, 2.45) is 0 Å². The van der Waals surface area contributed by atoms with E-state index in [-0.39, 0.29) is 12.5 Å². The first-order chi connectivity index (χ1) is 9.74. The second-order valence-corrected chi connectivity index (χ2v) is 4.79. The zero-order valence-electron chi connectivity index (χ0n) is 11.3. The summed E-state index contributed by atoms with van der Waals surface area (Å²) < 4.78 is 10.8. The van der Waals surface area contributed by atoms with Crippen LogP contribution in [0.1, 0.15) is 11.5 Å². The van der Waals surface area contributed by atoms with Crippen molar-refractivity contribution in [3.8, 4) is 11.5 Å². The van der Waals surface area contributed by atoms with E-state index in [2.05, 4.69) is 0 Å². The maximum atomic E-state index is 9.51. The van der Waals surface area contributed by atoms with Crippen molar-refractivity contribution in [1.82, 2.24) is 0 Å². The number of aliphatic hydroxyl groups excluding tert-OH is 1. The van der Waals surface area contributed by atoms with Gasteiger partial charge in [-0.1, -0.05) is 29.8 Å². The summed E-state index contributed by atoms with van der Waals surface area (Å²) >= 11 is 6.14. The summed E-state index contributed by atoms with van der Waals surface area (Å²) in [5.41, 5.74) is 0.894. The Kier molecular flexibility index (Phi) is 5.27. The first-order valence-electron chi connectivity index (χ1n) is 6.36. The van der Waals surface area contributed by atoms with Crippen LogP contribution in [-0.4, -0.2) is 25.4 Å². The summed E-state index contributed by atoms with van der Waals surface area (Å²) in [5, 5.41) is 10.1. The zero-order valence-corrected chi connectivity index (χ0v) is 12.0. The molecule has 0 aromatic heterocycles. The van der Waals surface area contributed by atoms with Crippen LogP contribution in [0.25, 0.3) is 0 Å². The number of methoxy groups -OCH3 is 1. The molecule has 0 fully saturated rings. The fourth-order valence-corrected chi connectivity index (χ4v) is 2.21. The molecule has 2 rings (SSSR count). The van der Waals surface area contributed by atoms with E-state index in [1.165, 1.54) is 0 Å². The van der Waals surface area contributed by atoms with Crippen LogP contribution in [0.4, 0.5) is 0 Å². The molecule has 1 unspecified atom stereocenters. The molecule has 1 atom stereocenters. The molecule has 0 bridgehead atoms. The monoisotopic (exact) mass is 292 g/mol. The molecule has 1 N–H and O–H groups in total. The Morgan fingerprint density at radius 3 is 2.30 bits per heavy atom. The second kappa shape index (κ2) is 7.17. The number of ether oxygens (including phenoxy) is 2. The molecule has 0 heterocycles. The minimum atomic E-state index is -0.147. The van der Waals surface area contributed by atoms with Gasteiger partial charge in [-0.2, -0.15) is 0 Å². The maximum absolute atomic E-state index is 9.51. The van der Waals surface area contributed by atoms with Crippen LogP contribution in [0.2, 0.25) is 5.02 Å². The van der Waals surface area contributed by atoms with Gasteiger partial charge in [0.15, 0.2) is 0 Å². The molecule has 0 radical (unpaired) electrons. The average molecular weight is 293 g/mol. The van der Waals surface area contributed by atoms with E-state index >= 15 is 0 Å². The van der Waals surface area contributed by atoms with E-state index in [1.807, 2.05) is 48.5 Å². The van der Waals surface area contributed by atoms with Crippen LogP contribution < -0.4 is 9.47 Å². The van der Waals surface area contributed by atoms with E-state index in [9.17, 15) is 5.11 Å². The van der Waals surface area contributed by atoms with Gasteiger partial charge in [0.1, 0.15) is 11.5 Å². The van der Waals surface area contributed by atoms with E-state index in [0.717, 1.165) is 17.1 Å². The third-order valence-electron chi connectivity index (χ3n) is 3.08. The van der Waals surface area contributed by atoms with Gasteiger partial charge >= 0.3 is 0 Å². The zero-order chi connectivity index (χ0) is 14.4. The van der Waals surface area contributed by atoms with Crippen molar-refractivity contribution < 1.29 is 14.6 Å². The highest BCUT2D eigenvalue weighted by Gasteiger charge is 2.14. The molecule has 20 heavy (non-hydrogen) atoms. The standard InChI is InChI=1S/C16H17ClO3/c1-19-13-6-8-14(9-7-13)20-11-12(10-18)15-4-2-3-5-16(15)17/h2-9,12,18H,10-11H2,1H3. The number of rotatable bonds is 6. The smallest absolute Gasteiger partial charge is 0.119 e. The molecule has 0 amide bonds. The van der Waals surface area contributed by atoms with E-state index in [1.54, 1.807) is 7.11 Å². The SMILES string of the molecule is COc1ccc(OCC(CO)c2ccccc2Cl)cc1. The van der Waals surface area contributed by atoms with Crippen LogP contribution in [0.15, 0.2) is 48.5 Å². The molecule has 0 saturated carbocycles. The number of hydrogen-bond acceptors (Lipinski definition) is 3. The van der Waals surface area contributed by atoms with Gasteiger partial charge in [0, 0.05) is 10.9 Å². The molecule has 0 aliphatic rings. The van der Waals surface area contributed by atoms with Gasteiger partial charge in [-0.25, -0.2) is 0 Å².